The SMILES string of the molecule is COc1cccc(CN=C(NCCCSC)NCc2nnc(C)n2C)c1.I. The van der Waals surface area contributed by atoms with Crippen molar-refractivity contribution in [2.75, 3.05) is 25.7 Å². The van der Waals surface area contributed by atoms with E-state index in [1.54, 1.807) is 7.11 Å². The van der Waals surface area contributed by atoms with Crippen LogP contribution in [0.15, 0.2) is 29.3 Å². The van der Waals surface area contributed by atoms with Crippen LogP contribution in [-0.2, 0) is 20.1 Å². The molecule has 0 saturated heterocycles. The van der Waals surface area contributed by atoms with E-state index in [9.17, 15) is 0 Å². The predicted molar refractivity (Wildman–Crippen MR) is 123 cm³/mol. The van der Waals surface area contributed by atoms with Gasteiger partial charge in [-0.3, -0.25) is 0 Å². The molecular weight excluding hydrogens is 475 g/mol. The highest BCUT2D eigenvalue weighted by molar-refractivity contribution is 14.0. The highest BCUT2D eigenvalue weighted by Gasteiger charge is 2.06. The monoisotopic (exact) mass is 504 g/mol. The molecular formula is C18H29IN6OS. The lowest BCUT2D eigenvalue weighted by Crippen LogP contribution is -2.38. The van der Waals surface area contributed by atoms with E-state index in [1.807, 2.05) is 54.6 Å². The summed E-state index contributed by atoms with van der Waals surface area (Å²) >= 11 is 1.85. The molecule has 0 unspecified atom stereocenters. The van der Waals surface area contributed by atoms with Gasteiger partial charge in [0.25, 0.3) is 0 Å². The molecule has 0 fully saturated rings. The molecule has 0 saturated carbocycles. The number of methoxy groups -OCH3 is 1. The fraction of sp³-hybridized carbons (Fsp3) is 0.500. The van der Waals surface area contributed by atoms with Crippen LogP contribution in [0.5, 0.6) is 5.75 Å². The predicted octanol–water partition coefficient (Wildman–Crippen LogP) is 2.74. The normalized spacial score (nSPS) is 11.0. The molecule has 27 heavy (non-hydrogen) atoms. The summed E-state index contributed by atoms with van der Waals surface area (Å²) in [5.41, 5.74) is 1.10. The average Bonchev–Trinajstić information content (AvgIpc) is 2.99. The molecule has 150 valence electrons. The lowest BCUT2D eigenvalue weighted by atomic mass is 10.2. The van der Waals surface area contributed by atoms with E-state index in [4.69, 9.17) is 9.73 Å². The van der Waals surface area contributed by atoms with Crippen LogP contribution in [0, 0.1) is 6.92 Å². The third-order valence-corrected chi connectivity index (χ3v) is 4.67. The van der Waals surface area contributed by atoms with E-state index in [0.29, 0.717) is 13.1 Å². The minimum atomic E-state index is 0. The number of hydrogen-bond donors (Lipinski definition) is 2. The minimum Gasteiger partial charge on any atom is -0.497 e. The van der Waals surface area contributed by atoms with E-state index in [2.05, 4.69) is 27.1 Å². The Morgan fingerprint density at radius 3 is 2.78 bits per heavy atom. The van der Waals surface area contributed by atoms with Crippen LogP contribution in [0.3, 0.4) is 0 Å². The van der Waals surface area contributed by atoms with Gasteiger partial charge in [-0.05, 0) is 43.0 Å². The lowest BCUT2D eigenvalue weighted by molar-refractivity contribution is 0.414. The van der Waals surface area contributed by atoms with Gasteiger partial charge in [0.15, 0.2) is 11.8 Å². The number of aromatic nitrogens is 3. The van der Waals surface area contributed by atoms with Crippen molar-refractivity contribution in [2.24, 2.45) is 12.0 Å². The molecule has 1 aromatic heterocycles. The fourth-order valence-electron chi connectivity index (χ4n) is 2.31. The van der Waals surface area contributed by atoms with Gasteiger partial charge < -0.3 is 19.9 Å². The van der Waals surface area contributed by atoms with Crippen molar-refractivity contribution in [3.8, 4) is 5.75 Å². The summed E-state index contributed by atoms with van der Waals surface area (Å²) in [5.74, 6) is 4.51. The number of ether oxygens (including phenoxy) is 1. The standard InChI is InChI=1S/C18H28N6OS.HI/c1-14-22-23-17(24(14)2)13-21-18(19-9-6-10-26-4)20-12-15-7-5-8-16(11-15)25-3;/h5,7-8,11H,6,9-10,12-13H2,1-4H3,(H2,19,20,21);1H. The zero-order valence-corrected chi connectivity index (χ0v) is 19.5. The van der Waals surface area contributed by atoms with Crippen molar-refractivity contribution in [3.63, 3.8) is 0 Å². The van der Waals surface area contributed by atoms with E-state index in [1.165, 1.54) is 0 Å². The Hall–Kier alpha value is -1.49. The largest absolute Gasteiger partial charge is 0.497 e. The molecule has 0 aliphatic rings. The molecule has 2 rings (SSSR count). The van der Waals surface area contributed by atoms with Gasteiger partial charge in [0, 0.05) is 13.6 Å². The summed E-state index contributed by atoms with van der Waals surface area (Å²) in [6, 6.07) is 7.96. The van der Waals surface area contributed by atoms with Crippen LogP contribution in [0.4, 0.5) is 0 Å². The molecule has 9 heteroatoms. The number of hydrogen-bond acceptors (Lipinski definition) is 5. The fourth-order valence-corrected chi connectivity index (χ4v) is 2.74. The number of guanidine groups is 1. The van der Waals surface area contributed by atoms with E-state index < -0.39 is 0 Å². The number of aliphatic imine (C=N–C) groups is 1. The summed E-state index contributed by atoms with van der Waals surface area (Å²) in [6.07, 6.45) is 3.20. The van der Waals surface area contributed by atoms with Crippen LogP contribution in [0.25, 0.3) is 0 Å². The Labute approximate surface area is 182 Å². The van der Waals surface area contributed by atoms with Crippen LogP contribution in [-0.4, -0.2) is 46.4 Å². The highest BCUT2D eigenvalue weighted by Crippen LogP contribution is 2.13. The van der Waals surface area contributed by atoms with Crippen molar-refractivity contribution >= 4 is 41.7 Å². The van der Waals surface area contributed by atoms with Gasteiger partial charge in [-0.25, -0.2) is 4.99 Å². The maximum atomic E-state index is 5.27. The first-order chi connectivity index (χ1) is 12.6. The molecule has 0 bridgehead atoms. The molecule has 1 heterocycles. The van der Waals surface area contributed by atoms with Crippen LogP contribution < -0.4 is 15.4 Å². The van der Waals surface area contributed by atoms with Gasteiger partial charge in [-0.15, -0.1) is 34.2 Å². The molecule has 0 amide bonds. The van der Waals surface area contributed by atoms with Crippen molar-refractivity contribution in [1.29, 1.82) is 0 Å². The quantitative estimate of drug-likeness (QED) is 0.237. The summed E-state index contributed by atoms with van der Waals surface area (Å²) in [4.78, 5) is 4.69. The summed E-state index contributed by atoms with van der Waals surface area (Å²) in [6.45, 7) is 3.97. The van der Waals surface area contributed by atoms with Gasteiger partial charge in [0.05, 0.1) is 20.2 Å². The van der Waals surface area contributed by atoms with E-state index in [0.717, 1.165) is 47.6 Å². The maximum absolute atomic E-state index is 5.27. The topological polar surface area (TPSA) is 76.4 Å². The first-order valence-electron chi connectivity index (χ1n) is 8.63. The molecule has 2 aromatic rings. The molecule has 0 aliphatic heterocycles. The molecule has 7 nitrogen and oxygen atoms in total. The lowest BCUT2D eigenvalue weighted by Gasteiger charge is -2.12. The number of rotatable bonds is 9. The van der Waals surface area contributed by atoms with Crippen LogP contribution >= 0.6 is 35.7 Å². The van der Waals surface area contributed by atoms with E-state index in [-0.39, 0.29) is 24.0 Å². The maximum Gasteiger partial charge on any atom is 0.191 e. The third kappa shape index (κ3) is 7.96. The number of benzene rings is 1. The molecule has 1 aromatic carbocycles. The van der Waals surface area contributed by atoms with Gasteiger partial charge in [0.2, 0.25) is 0 Å². The Balaban J connectivity index is 0.00000364. The Morgan fingerprint density at radius 2 is 2.11 bits per heavy atom. The second kappa shape index (κ2) is 12.8. The molecule has 0 atom stereocenters. The second-order valence-electron chi connectivity index (χ2n) is 5.87. The second-order valence-corrected chi connectivity index (χ2v) is 6.85. The van der Waals surface area contributed by atoms with Crippen molar-refractivity contribution in [2.45, 2.75) is 26.4 Å². The molecule has 0 spiro atoms. The Morgan fingerprint density at radius 1 is 1.30 bits per heavy atom. The first-order valence-corrected chi connectivity index (χ1v) is 10.0. The molecule has 0 aliphatic carbocycles. The molecule has 2 N–H and O–H groups in total. The Kier molecular flexibility index (Phi) is 11.2. The number of aryl methyl sites for hydroxylation is 1. The smallest absolute Gasteiger partial charge is 0.191 e. The highest BCUT2D eigenvalue weighted by atomic mass is 127. The number of thioether (sulfide) groups is 1. The Bertz CT molecular complexity index is 722. The zero-order valence-electron chi connectivity index (χ0n) is 16.4. The van der Waals surface area contributed by atoms with E-state index >= 15 is 0 Å². The third-order valence-electron chi connectivity index (χ3n) is 3.97. The summed E-state index contributed by atoms with van der Waals surface area (Å²) in [5, 5.41) is 15.0. The molecule has 0 radical (unpaired) electrons. The summed E-state index contributed by atoms with van der Waals surface area (Å²) in [7, 11) is 3.64. The van der Waals surface area contributed by atoms with Crippen molar-refractivity contribution in [1.82, 2.24) is 25.4 Å². The number of nitrogens with one attached hydrogen (secondary N) is 2. The van der Waals surface area contributed by atoms with Crippen LogP contribution in [0.1, 0.15) is 23.6 Å². The van der Waals surface area contributed by atoms with Gasteiger partial charge in [-0.1, -0.05) is 12.1 Å². The van der Waals surface area contributed by atoms with Crippen molar-refractivity contribution in [3.05, 3.63) is 41.5 Å². The van der Waals surface area contributed by atoms with Crippen molar-refractivity contribution < 1.29 is 4.74 Å². The van der Waals surface area contributed by atoms with Gasteiger partial charge >= 0.3 is 0 Å². The average molecular weight is 504 g/mol. The van der Waals surface area contributed by atoms with Gasteiger partial charge in [0.1, 0.15) is 11.6 Å². The summed E-state index contributed by atoms with van der Waals surface area (Å²) < 4.78 is 7.25. The first kappa shape index (κ1) is 23.5. The number of halogens is 1. The minimum absolute atomic E-state index is 0. The zero-order chi connectivity index (χ0) is 18.8. The number of nitrogens with zero attached hydrogens (tertiary/aromatic N) is 4. The van der Waals surface area contributed by atoms with Gasteiger partial charge in [-0.2, -0.15) is 11.8 Å². The van der Waals surface area contributed by atoms with Crippen LogP contribution in [0.2, 0.25) is 0 Å².